The first-order valence-corrected chi connectivity index (χ1v) is 12.1. The maximum absolute atomic E-state index is 4.72. The van der Waals surface area contributed by atoms with E-state index < -0.39 is 0 Å². The normalized spacial score (nSPS) is 31.5. The summed E-state index contributed by atoms with van der Waals surface area (Å²) >= 11 is 4.72. The van der Waals surface area contributed by atoms with Gasteiger partial charge in [0.2, 0.25) is 0 Å². The molecule has 0 nitrogen and oxygen atoms in total. The van der Waals surface area contributed by atoms with Gasteiger partial charge in [-0.2, -0.15) is 12.6 Å². The highest BCUT2D eigenvalue weighted by atomic mass is 32.1. The summed E-state index contributed by atoms with van der Waals surface area (Å²) in [6.07, 6.45) is 22.7. The Morgan fingerprint density at radius 1 is 0.750 bits per heavy atom. The molecule has 0 saturated heterocycles. The minimum Gasteiger partial charge on any atom is -0.176 e. The average molecular weight is 393 g/mol. The Morgan fingerprint density at radius 2 is 1.50 bits per heavy atom. The molecule has 0 heterocycles. The minimum absolute atomic E-state index is 0.611. The van der Waals surface area contributed by atoms with Crippen LogP contribution in [0.5, 0.6) is 0 Å². The van der Waals surface area contributed by atoms with Crippen LogP contribution < -0.4 is 0 Å². The van der Waals surface area contributed by atoms with Gasteiger partial charge in [0.25, 0.3) is 0 Å². The monoisotopic (exact) mass is 392 g/mol. The summed E-state index contributed by atoms with van der Waals surface area (Å²) < 4.78 is 0. The summed E-state index contributed by atoms with van der Waals surface area (Å²) in [6.45, 7) is 2.40. The third-order valence-electron chi connectivity index (χ3n) is 7.29. The van der Waals surface area contributed by atoms with Gasteiger partial charge in [0.05, 0.1) is 0 Å². The molecule has 1 heteroatoms. The van der Waals surface area contributed by atoms with Crippen LogP contribution in [0, 0.1) is 11.8 Å². The van der Waals surface area contributed by atoms with E-state index in [1.54, 1.807) is 11.1 Å². The van der Waals surface area contributed by atoms with Crippen LogP contribution in [0.1, 0.15) is 88.2 Å². The van der Waals surface area contributed by atoms with E-state index in [1.807, 2.05) is 0 Å². The summed E-state index contributed by atoms with van der Waals surface area (Å²) in [5.41, 5.74) is 5.86. The van der Waals surface area contributed by atoms with Gasteiger partial charge in [0, 0.05) is 5.25 Å². The van der Waals surface area contributed by atoms with E-state index >= 15 is 0 Å². The zero-order valence-electron chi connectivity index (χ0n) is 17.4. The van der Waals surface area contributed by atoms with Crippen LogP contribution >= 0.6 is 12.6 Å². The quantitative estimate of drug-likeness (QED) is 0.389. The summed E-state index contributed by atoms with van der Waals surface area (Å²) in [5, 5.41) is 0.611. The van der Waals surface area contributed by atoms with Crippen molar-refractivity contribution in [3.63, 3.8) is 0 Å². The van der Waals surface area contributed by atoms with Gasteiger partial charge in [-0.1, -0.05) is 74.8 Å². The number of hydrogen-bond donors (Lipinski definition) is 1. The summed E-state index contributed by atoms with van der Waals surface area (Å²) in [6, 6.07) is 9.49. The first-order chi connectivity index (χ1) is 13.7. The van der Waals surface area contributed by atoms with E-state index in [9.17, 15) is 0 Å². The molecule has 150 valence electrons. The predicted molar refractivity (Wildman–Crippen MR) is 126 cm³/mol. The van der Waals surface area contributed by atoms with Crippen molar-refractivity contribution >= 4 is 18.2 Å². The Hall–Kier alpha value is -1.21. The van der Waals surface area contributed by atoms with Crippen molar-refractivity contribution in [3.05, 3.63) is 65.3 Å². The van der Waals surface area contributed by atoms with Crippen molar-refractivity contribution in [2.24, 2.45) is 11.8 Å². The van der Waals surface area contributed by atoms with Gasteiger partial charge in [0.1, 0.15) is 0 Å². The van der Waals surface area contributed by atoms with Gasteiger partial charge in [-0.05, 0) is 85.0 Å². The van der Waals surface area contributed by atoms with Gasteiger partial charge in [0.15, 0.2) is 0 Å². The summed E-state index contributed by atoms with van der Waals surface area (Å²) in [5.74, 6) is 2.44. The van der Waals surface area contributed by atoms with E-state index in [1.165, 1.54) is 68.9 Å². The lowest BCUT2D eigenvalue weighted by atomic mass is 9.79. The van der Waals surface area contributed by atoms with E-state index in [-0.39, 0.29) is 0 Å². The maximum atomic E-state index is 4.72. The molecule has 1 aromatic carbocycles. The van der Waals surface area contributed by atoms with Crippen molar-refractivity contribution in [2.75, 3.05) is 0 Å². The highest BCUT2D eigenvalue weighted by molar-refractivity contribution is 7.80. The molecule has 0 aliphatic heterocycles. The smallest absolute Gasteiger partial charge is 0.00170 e. The molecule has 4 rings (SSSR count). The zero-order chi connectivity index (χ0) is 19.3. The number of rotatable bonds is 3. The molecule has 0 amide bonds. The van der Waals surface area contributed by atoms with Gasteiger partial charge in [-0.15, -0.1) is 0 Å². The van der Waals surface area contributed by atoms with Crippen molar-refractivity contribution in [2.45, 2.75) is 82.3 Å². The number of thiol groups is 1. The van der Waals surface area contributed by atoms with Crippen LogP contribution in [-0.2, 0) is 0 Å². The average Bonchev–Trinajstić information content (AvgIpc) is 3.09. The molecule has 1 aromatic rings. The van der Waals surface area contributed by atoms with Crippen molar-refractivity contribution in [1.29, 1.82) is 0 Å². The first-order valence-electron chi connectivity index (χ1n) is 11.6. The van der Waals surface area contributed by atoms with E-state index in [0.29, 0.717) is 5.25 Å². The standard InChI is InChI=1S/C27H36S/c1-20-8-10-24(11-9-20)26-16-14-25(15-17-26)22-5-2-4-21(12-13-22)23-6-3-7-27(28)19-18-23/h4-5,12-17,20,23-24,27-28H,2-3,6-11,18-19H2,1H3. The van der Waals surface area contributed by atoms with Crippen LogP contribution in [0.4, 0.5) is 0 Å². The predicted octanol–water partition coefficient (Wildman–Crippen LogP) is 8.13. The minimum atomic E-state index is 0.611. The number of benzene rings is 1. The van der Waals surface area contributed by atoms with Crippen LogP contribution in [0.3, 0.4) is 0 Å². The zero-order valence-corrected chi connectivity index (χ0v) is 18.3. The summed E-state index contributed by atoms with van der Waals surface area (Å²) in [4.78, 5) is 0. The molecule has 2 unspecified atom stereocenters. The third kappa shape index (κ3) is 5.03. The van der Waals surface area contributed by atoms with Gasteiger partial charge in [-0.3, -0.25) is 0 Å². The van der Waals surface area contributed by atoms with Crippen molar-refractivity contribution in [1.82, 2.24) is 0 Å². The molecular weight excluding hydrogens is 356 g/mol. The molecule has 0 radical (unpaired) electrons. The van der Waals surface area contributed by atoms with Gasteiger partial charge in [-0.25, -0.2) is 0 Å². The second-order valence-corrected chi connectivity index (χ2v) is 10.1. The highest BCUT2D eigenvalue weighted by Crippen LogP contribution is 2.37. The maximum Gasteiger partial charge on any atom is 0.00170 e. The van der Waals surface area contributed by atoms with Gasteiger partial charge < -0.3 is 0 Å². The molecule has 2 saturated carbocycles. The van der Waals surface area contributed by atoms with Crippen molar-refractivity contribution < 1.29 is 0 Å². The Morgan fingerprint density at radius 3 is 2.29 bits per heavy atom. The molecule has 0 bridgehead atoms. The largest absolute Gasteiger partial charge is 0.176 e. The Labute approximate surface area is 177 Å². The van der Waals surface area contributed by atoms with Crippen LogP contribution in [0.15, 0.2) is 54.1 Å². The molecule has 0 N–H and O–H groups in total. The Kier molecular flexibility index (Phi) is 6.83. The molecule has 2 fully saturated rings. The topological polar surface area (TPSA) is 0 Å². The number of hydrogen-bond acceptors (Lipinski definition) is 1. The lowest BCUT2D eigenvalue weighted by Crippen LogP contribution is -2.10. The van der Waals surface area contributed by atoms with E-state index in [4.69, 9.17) is 12.6 Å². The fourth-order valence-corrected chi connectivity index (χ4v) is 5.65. The summed E-state index contributed by atoms with van der Waals surface area (Å²) in [7, 11) is 0. The van der Waals surface area contributed by atoms with Crippen LogP contribution in [0.2, 0.25) is 0 Å². The fraction of sp³-hybridized carbons (Fsp3) is 0.556. The van der Waals surface area contributed by atoms with E-state index in [0.717, 1.165) is 24.2 Å². The van der Waals surface area contributed by atoms with Gasteiger partial charge >= 0.3 is 0 Å². The SMILES string of the molecule is CC1CCC(c2ccc(C3=CCC=C(C4CCCC(S)CC4)C=C3)cc2)CC1. The molecule has 0 spiro atoms. The Bertz CT molecular complexity index is 728. The van der Waals surface area contributed by atoms with E-state index in [2.05, 4.69) is 55.5 Å². The lowest BCUT2D eigenvalue weighted by Gasteiger charge is -2.26. The van der Waals surface area contributed by atoms with Crippen molar-refractivity contribution in [3.8, 4) is 0 Å². The molecule has 3 aliphatic rings. The second-order valence-electron chi connectivity index (χ2n) is 9.37. The molecule has 28 heavy (non-hydrogen) atoms. The lowest BCUT2D eigenvalue weighted by molar-refractivity contribution is 0.348. The molecular formula is C27H36S. The first kappa shape index (κ1) is 20.1. The highest BCUT2D eigenvalue weighted by Gasteiger charge is 2.20. The molecule has 0 aromatic heterocycles. The molecule has 3 aliphatic carbocycles. The molecule has 2 atom stereocenters. The third-order valence-corrected chi connectivity index (χ3v) is 7.80. The Balaban J connectivity index is 1.40. The van der Waals surface area contributed by atoms with Crippen LogP contribution in [0.25, 0.3) is 5.57 Å². The van der Waals surface area contributed by atoms with Crippen LogP contribution in [-0.4, -0.2) is 5.25 Å². The fourth-order valence-electron chi connectivity index (χ4n) is 5.32. The number of allylic oxidation sites excluding steroid dienone is 6. The second kappa shape index (κ2) is 9.53.